The first-order chi connectivity index (χ1) is 10.0. The van der Waals surface area contributed by atoms with E-state index in [1.807, 2.05) is 27.1 Å². The lowest BCUT2D eigenvalue weighted by molar-refractivity contribution is 0.261. The third-order valence-corrected chi connectivity index (χ3v) is 2.63. The molecule has 0 bridgehead atoms. The molecule has 2 rings (SSSR count). The van der Waals surface area contributed by atoms with Crippen LogP contribution in [0, 0.1) is 13.8 Å². The number of hydrogen-bond donors (Lipinski definition) is 1. The highest BCUT2D eigenvalue weighted by atomic mass is 16.6. The first-order valence-corrected chi connectivity index (χ1v) is 6.69. The molecule has 0 saturated heterocycles. The van der Waals surface area contributed by atoms with Gasteiger partial charge in [-0.15, -0.1) is 0 Å². The molecule has 2 aromatic heterocycles. The monoisotopic (exact) mass is 292 g/mol. The summed E-state index contributed by atoms with van der Waals surface area (Å²) in [6.07, 6.45) is 0. The summed E-state index contributed by atoms with van der Waals surface area (Å²) in [6.45, 7) is 5.48. The summed E-state index contributed by atoms with van der Waals surface area (Å²) in [7, 11) is 4.01. The van der Waals surface area contributed by atoms with Gasteiger partial charge in [0, 0.05) is 12.6 Å². The number of aryl methyl sites for hydroxylation is 2. The van der Waals surface area contributed by atoms with E-state index in [1.54, 1.807) is 6.92 Å². The van der Waals surface area contributed by atoms with Crippen LogP contribution in [0.1, 0.15) is 17.2 Å². The third kappa shape index (κ3) is 4.67. The van der Waals surface area contributed by atoms with Crippen LogP contribution in [0.3, 0.4) is 0 Å². The predicted molar refractivity (Wildman–Crippen MR) is 77.2 cm³/mol. The molecule has 1 N–H and O–H groups in total. The molecule has 0 aliphatic heterocycles. The van der Waals surface area contributed by atoms with Crippen molar-refractivity contribution in [2.45, 2.75) is 20.4 Å². The highest BCUT2D eigenvalue weighted by Gasteiger charge is 2.06. The molecule has 0 unspecified atom stereocenters. The molecule has 0 aromatic carbocycles. The molecule has 2 aromatic rings. The quantitative estimate of drug-likeness (QED) is 0.757. The number of hydrogen-bond acceptors (Lipinski definition) is 8. The maximum Gasteiger partial charge on any atom is 0.278 e. The minimum Gasteiger partial charge on any atom is -0.472 e. The first kappa shape index (κ1) is 15.2. The van der Waals surface area contributed by atoms with Gasteiger partial charge in [-0.05, 0) is 33.1 Å². The van der Waals surface area contributed by atoms with Gasteiger partial charge in [-0.1, -0.05) is 5.16 Å². The standard InChI is InChI=1S/C13H20N6O2/c1-9-13(18-21-17-9)20-6-5-14-12-7-11(8-19(3)4)15-10(2)16-12/h7H,5-6,8H2,1-4H3,(H,14,15,16). The van der Waals surface area contributed by atoms with Crippen LogP contribution in [-0.4, -0.2) is 52.4 Å². The molecular formula is C13H20N6O2. The number of nitrogens with one attached hydrogen (secondary N) is 1. The molecule has 0 radical (unpaired) electrons. The molecule has 8 nitrogen and oxygen atoms in total. The molecule has 0 amide bonds. The maximum absolute atomic E-state index is 5.44. The number of nitrogens with zero attached hydrogens (tertiary/aromatic N) is 5. The predicted octanol–water partition coefficient (Wildman–Crippen LogP) is 1.03. The molecule has 8 heteroatoms. The van der Waals surface area contributed by atoms with Gasteiger partial charge in [0.15, 0.2) is 0 Å². The van der Waals surface area contributed by atoms with Crippen LogP contribution < -0.4 is 10.1 Å². The van der Waals surface area contributed by atoms with Crippen molar-refractivity contribution in [3.05, 3.63) is 23.3 Å². The van der Waals surface area contributed by atoms with E-state index >= 15 is 0 Å². The Morgan fingerprint density at radius 3 is 2.71 bits per heavy atom. The van der Waals surface area contributed by atoms with Gasteiger partial charge in [-0.3, -0.25) is 0 Å². The molecule has 0 atom stereocenters. The minimum atomic E-state index is 0.420. The van der Waals surface area contributed by atoms with Crippen LogP contribution in [0.25, 0.3) is 0 Å². The lowest BCUT2D eigenvalue weighted by Gasteiger charge is -2.12. The number of rotatable bonds is 7. The zero-order valence-corrected chi connectivity index (χ0v) is 12.8. The molecule has 0 fully saturated rings. The Morgan fingerprint density at radius 1 is 1.24 bits per heavy atom. The average molecular weight is 292 g/mol. The molecular weight excluding hydrogens is 272 g/mol. The van der Waals surface area contributed by atoms with E-state index in [1.165, 1.54) is 0 Å². The van der Waals surface area contributed by atoms with Crippen molar-refractivity contribution in [1.29, 1.82) is 0 Å². The van der Waals surface area contributed by atoms with E-state index in [-0.39, 0.29) is 0 Å². The van der Waals surface area contributed by atoms with Crippen molar-refractivity contribution in [3.63, 3.8) is 0 Å². The van der Waals surface area contributed by atoms with Crippen LogP contribution >= 0.6 is 0 Å². The first-order valence-electron chi connectivity index (χ1n) is 6.69. The largest absolute Gasteiger partial charge is 0.472 e. The second-order valence-corrected chi connectivity index (χ2v) is 4.96. The fourth-order valence-corrected chi connectivity index (χ4v) is 1.81. The Labute approximate surface area is 123 Å². The molecule has 0 spiro atoms. The summed E-state index contributed by atoms with van der Waals surface area (Å²) < 4.78 is 10.0. The summed E-state index contributed by atoms with van der Waals surface area (Å²) in [5, 5.41) is 10.5. The van der Waals surface area contributed by atoms with Crippen LogP contribution in [-0.2, 0) is 6.54 Å². The van der Waals surface area contributed by atoms with Crippen LogP contribution in [0.2, 0.25) is 0 Å². The highest BCUT2D eigenvalue weighted by molar-refractivity contribution is 5.36. The summed E-state index contributed by atoms with van der Waals surface area (Å²) >= 11 is 0. The summed E-state index contributed by atoms with van der Waals surface area (Å²) in [6, 6.07) is 1.94. The zero-order chi connectivity index (χ0) is 15.2. The van der Waals surface area contributed by atoms with E-state index in [4.69, 9.17) is 4.74 Å². The molecule has 0 aliphatic carbocycles. The van der Waals surface area contributed by atoms with Gasteiger partial charge in [-0.2, -0.15) is 0 Å². The smallest absolute Gasteiger partial charge is 0.278 e. The van der Waals surface area contributed by atoms with Crippen LogP contribution in [0.4, 0.5) is 5.82 Å². The van der Waals surface area contributed by atoms with E-state index in [0.717, 1.165) is 23.9 Å². The fraction of sp³-hybridized carbons (Fsp3) is 0.538. The highest BCUT2D eigenvalue weighted by Crippen LogP contribution is 2.10. The topological polar surface area (TPSA) is 89.2 Å². The van der Waals surface area contributed by atoms with E-state index in [0.29, 0.717) is 24.7 Å². The SMILES string of the molecule is Cc1nc(CN(C)C)cc(NCCOc2nonc2C)n1. The zero-order valence-electron chi connectivity index (χ0n) is 12.8. The maximum atomic E-state index is 5.44. The van der Waals surface area contributed by atoms with Crippen molar-refractivity contribution in [3.8, 4) is 5.88 Å². The number of ether oxygens (including phenoxy) is 1. The summed E-state index contributed by atoms with van der Waals surface area (Å²) in [5.41, 5.74) is 1.62. The average Bonchev–Trinajstić information content (AvgIpc) is 2.79. The van der Waals surface area contributed by atoms with Crippen molar-refractivity contribution in [2.24, 2.45) is 0 Å². The minimum absolute atomic E-state index is 0.420. The van der Waals surface area contributed by atoms with Crippen LogP contribution in [0.15, 0.2) is 10.7 Å². The van der Waals surface area contributed by atoms with Gasteiger partial charge in [-0.25, -0.2) is 14.6 Å². The lowest BCUT2D eigenvalue weighted by Crippen LogP contribution is -2.16. The lowest BCUT2D eigenvalue weighted by atomic mass is 10.3. The van der Waals surface area contributed by atoms with Crippen LogP contribution in [0.5, 0.6) is 5.88 Å². The molecule has 21 heavy (non-hydrogen) atoms. The molecule has 0 aliphatic rings. The van der Waals surface area contributed by atoms with Crippen molar-refractivity contribution in [1.82, 2.24) is 25.2 Å². The Balaban J connectivity index is 1.85. The molecule has 114 valence electrons. The van der Waals surface area contributed by atoms with Gasteiger partial charge in [0.05, 0.1) is 12.2 Å². The third-order valence-electron chi connectivity index (χ3n) is 2.63. The Kier molecular flexibility index (Phi) is 5.04. The number of aromatic nitrogens is 4. The van der Waals surface area contributed by atoms with E-state index < -0.39 is 0 Å². The van der Waals surface area contributed by atoms with E-state index in [2.05, 4.69) is 35.1 Å². The van der Waals surface area contributed by atoms with Gasteiger partial charge in [0.1, 0.15) is 23.9 Å². The molecule has 0 saturated carbocycles. The second kappa shape index (κ2) is 6.98. The van der Waals surface area contributed by atoms with Crippen molar-refractivity contribution >= 4 is 5.82 Å². The summed E-state index contributed by atoms with van der Waals surface area (Å²) in [4.78, 5) is 10.8. The Bertz CT molecular complexity index is 584. The van der Waals surface area contributed by atoms with Gasteiger partial charge in [0.2, 0.25) is 0 Å². The number of anilines is 1. The second-order valence-electron chi connectivity index (χ2n) is 4.96. The van der Waals surface area contributed by atoms with Crippen molar-refractivity contribution < 1.29 is 9.37 Å². The van der Waals surface area contributed by atoms with Crippen molar-refractivity contribution in [2.75, 3.05) is 32.6 Å². The van der Waals surface area contributed by atoms with Gasteiger partial charge < -0.3 is 15.0 Å². The Hall–Kier alpha value is -2.22. The van der Waals surface area contributed by atoms with Gasteiger partial charge in [0.25, 0.3) is 5.88 Å². The molecule has 2 heterocycles. The normalized spacial score (nSPS) is 10.9. The summed E-state index contributed by atoms with van der Waals surface area (Å²) in [5.74, 6) is 1.95. The van der Waals surface area contributed by atoms with Gasteiger partial charge >= 0.3 is 0 Å². The van der Waals surface area contributed by atoms with E-state index in [9.17, 15) is 0 Å². The Morgan fingerprint density at radius 2 is 2.05 bits per heavy atom. The fourth-order valence-electron chi connectivity index (χ4n) is 1.81.